The molecule has 0 spiro atoms. The molecule has 6 heteroatoms. The summed E-state index contributed by atoms with van der Waals surface area (Å²) in [4.78, 5) is 18.9. The number of para-hydroxylation sites is 1. The average Bonchev–Trinajstić information content (AvgIpc) is 3.06. The van der Waals surface area contributed by atoms with E-state index in [9.17, 15) is 4.79 Å². The quantitative estimate of drug-likeness (QED) is 0.550. The summed E-state index contributed by atoms with van der Waals surface area (Å²) in [5, 5.41) is 8.37. The zero-order valence-corrected chi connectivity index (χ0v) is 13.8. The molecule has 0 radical (unpaired) electrons. The lowest BCUT2D eigenvalue weighted by Gasteiger charge is -2.22. The van der Waals surface area contributed by atoms with Crippen LogP contribution in [-0.2, 0) is 0 Å². The third kappa shape index (κ3) is 3.03. The van der Waals surface area contributed by atoms with E-state index in [0.29, 0.717) is 24.6 Å². The number of aromatic nitrogens is 3. The molecular formula is C18H19N5O. The first-order chi connectivity index (χ1) is 11.7. The first-order valence-electron chi connectivity index (χ1n) is 7.98. The van der Waals surface area contributed by atoms with Gasteiger partial charge in [0.25, 0.3) is 5.91 Å². The van der Waals surface area contributed by atoms with Gasteiger partial charge in [-0.25, -0.2) is 0 Å². The van der Waals surface area contributed by atoms with Crippen molar-refractivity contribution >= 4 is 22.9 Å². The first kappa shape index (κ1) is 15.9. The van der Waals surface area contributed by atoms with Gasteiger partial charge in [0, 0.05) is 18.7 Å². The highest BCUT2D eigenvalue weighted by atomic mass is 16.1. The van der Waals surface area contributed by atoms with Crippen molar-refractivity contribution in [3.8, 4) is 0 Å². The van der Waals surface area contributed by atoms with Crippen LogP contribution in [0.1, 0.15) is 24.2 Å². The summed E-state index contributed by atoms with van der Waals surface area (Å²) in [6, 6.07) is 16.7. The molecule has 0 fully saturated rings. The molecule has 0 aliphatic rings. The van der Waals surface area contributed by atoms with Crippen LogP contribution in [0.4, 0.5) is 0 Å². The maximum absolute atomic E-state index is 12.5. The van der Waals surface area contributed by atoms with Crippen molar-refractivity contribution in [3.63, 3.8) is 0 Å². The number of hydrogen-bond acceptors (Lipinski definition) is 3. The van der Waals surface area contributed by atoms with Crippen molar-refractivity contribution in [2.24, 2.45) is 4.99 Å². The third-order valence-corrected chi connectivity index (χ3v) is 3.81. The van der Waals surface area contributed by atoms with Crippen LogP contribution in [0.5, 0.6) is 0 Å². The van der Waals surface area contributed by atoms with Gasteiger partial charge in [-0.05, 0) is 38.1 Å². The largest absolute Gasteiger partial charge is 0.341 e. The molecular weight excluding hydrogens is 302 g/mol. The predicted molar refractivity (Wildman–Crippen MR) is 94.1 cm³/mol. The van der Waals surface area contributed by atoms with E-state index in [1.165, 1.54) is 0 Å². The number of hydrogen-bond donors (Lipinski definition) is 0. The molecule has 1 aromatic heterocycles. The van der Waals surface area contributed by atoms with Crippen LogP contribution in [0.15, 0.2) is 59.6 Å². The second kappa shape index (κ2) is 7.04. The molecule has 3 rings (SSSR count). The molecule has 0 unspecified atom stereocenters. The van der Waals surface area contributed by atoms with Crippen LogP contribution >= 0.6 is 0 Å². The Balaban J connectivity index is 2.10. The number of nitrogens with zero attached hydrogens (tertiary/aromatic N) is 5. The van der Waals surface area contributed by atoms with E-state index in [4.69, 9.17) is 0 Å². The molecule has 1 amide bonds. The number of benzene rings is 2. The average molecular weight is 321 g/mol. The Morgan fingerprint density at radius 2 is 1.71 bits per heavy atom. The summed E-state index contributed by atoms with van der Waals surface area (Å²) < 4.78 is 1.63. The summed E-state index contributed by atoms with van der Waals surface area (Å²) in [5.41, 5.74) is 2.14. The van der Waals surface area contributed by atoms with Gasteiger partial charge in [0.15, 0.2) is 0 Å². The maximum Gasteiger partial charge on any atom is 0.280 e. The Morgan fingerprint density at radius 1 is 1.04 bits per heavy atom. The van der Waals surface area contributed by atoms with Gasteiger partial charge in [-0.3, -0.25) is 4.79 Å². The molecule has 0 saturated carbocycles. The molecule has 2 aromatic carbocycles. The Morgan fingerprint density at radius 3 is 2.42 bits per heavy atom. The van der Waals surface area contributed by atoms with Crippen LogP contribution in [0.2, 0.25) is 0 Å². The summed E-state index contributed by atoms with van der Waals surface area (Å²) in [6.45, 7) is 5.47. The summed E-state index contributed by atoms with van der Waals surface area (Å²) in [7, 11) is 0. The third-order valence-electron chi connectivity index (χ3n) is 3.81. The summed E-state index contributed by atoms with van der Waals surface area (Å²) in [6.07, 6.45) is 0. The molecule has 0 atom stereocenters. The van der Waals surface area contributed by atoms with Crippen LogP contribution in [0, 0.1) is 0 Å². The number of fused-ring (bicyclic) bond motifs is 1. The van der Waals surface area contributed by atoms with Crippen molar-refractivity contribution in [2.45, 2.75) is 13.8 Å². The molecule has 0 N–H and O–H groups in total. The van der Waals surface area contributed by atoms with Gasteiger partial charge in [-0.2, -0.15) is 9.67 Å². The lowest BCUT2D eigenvalue weighted by molar-refractivity contribution is 0.100. The number of aliphatic imine (C=N–C) groups is 1. The summed E-state index contributed by atoms with van der Waals surface area (Å²) >= 11 is 0. The van der Waals surface area contributed by atoms with Crippen molar-refractivity contribution in [2.75, 3.05) is 13.1 Å². The lowest BCUT2D eigenvalue weighted by Crippen LogP contribution is -2.37. The molecule has 122 valence electrons. The van der Waals surface area contributed by atoms with Gasteiger partial charge in [-0.15, -0.1) is 5.10 Å². The van der Waals surface area contributed by atoms with Crippen LogP contribution < -0.4 is 0 Å². The number of rotatable bonds is 3. The van der Waals surface area contributed by atoms with E-state index in [0.717, 1.165) is 11.0 Å². The van der Waals surface area contributed by atoms with Gasteiger partial charge >= 0.3 is 0 Å². The van der Waals surface area contributed by atoms with E-state index < -0.39 is 0 Å². The normalized spacial score (nSPS) is 11.7. The number of carbonyl (C=O) groups excluding carboxylic acids is 1. The van der Waals surface area contributed by atoms with Crippen LogP contribution in [0.3, 0.4) is 0 Å². The molecule has 0 aliphatic heterocycles. The Kier molecular flexibility index (Phi) is 4.65. The standard InChI is InChI=1S/C18H19N5O/c1-3-22(4-2)18(19-17(24)14-10-6-5-7-11-14)23-16-13-9-8-12-15(16)20-21-23/h5-13H,3-4H2,1-2H3. The number of carbonyl (C=O) groups is 1. The van der Waals surface area contributed by atoms with Crippen molar-refractivity contribution in [3.05, 3.63) is 60.2 Å². The molecule has 6 nitrogen and oxygen atoms in total. The molecule has 0 aliphatic carbocycles. The zero-order chi connectivity index (χ0) is 16.9. The van der Waals surface area contributed by atoms with E-state index in [2.05, 4.69) is 15.3 Å². The Hall–Kier alpha value is -3.02. The van der Waals surface area contributed by atoms with Gasteiger partial charge in [0.2, 0.25) is 5.96 Å². The molecule has 0 bridgehead atoms. The Bertz CT molecular complexity index is 865. The topological polar surface area (TPSA) is 63.4 Å². The first-order valence-corrected chi connectivity index (χ1v) is 7.98. The van der Waals surface area contributed by atoms with Gasteiger partial charge < -0.3 is 4.90 Å². The van der Waals surface area contributed by atoms with E-state index in [1.54, 1.807) is 16.8 Å². The fourth-order valence-electron chi connectivity index (χ4n) is 2.51. The minimum atomic E-state index is -0.294. The van der Waals surface area contributed by atoms with E-state index >= 15 is 0 Å². The smallest absolute Gasteiger partial charge is 0.280 e. The second-order valence-corrected chi connectivity index (χ2v) is 5.25. The monoisotopic (exact) mass is 321 g/mol. The molecule has 24 heavy (non-hydrogen) atoms. The zero-order valence-electron chi connectivity index (χ0n) is 13.8. The van der Waals surface area contributed by atoms with Crippen molar-refractivity contribution < 1.29 is 4.79 Å². The fourth-order valence-corrected chi connectivity index (χ4v) is 2.51. The molecule has 0 saturated heterocycles. The minimum absolute atomic E-state index is 0.294. The van der Waals surface area contributed by atoms with Crippen molar-refractivity contribution in [1.29, 1.82) is 0 Å². The predicted octanol–water partition coefficient (Wildman–Crippen LogP) is 2.82. The highest BCUT2D eigenvalue weighted by Crippen LogP contribution is 2.12. The second-order valence-electron chi connectivity index (χ2n) is 5.25. The van der Waals surface area contributed by atoms with Gasteiger partial charge in [-0.1, -0.05) is 35.5 Å². The van der Waals surface area contributed by atoms with Crippen LogP contribution in [0.25, 0.3) is 11.0 Å². The van der Waals surface area contributed by atoms with Crippen LogP contribution in [-0.4, -0.2) is 44.9 Å². The lowest BCUT2D eigenvalue weighted by atomic mass is 10.2. The summed E-state index contributed by atoms with van der Waals surface area (Å²) in [5.74, 6) is 0.194. The minimum Gasteiger partial charge on any atom is -0.341 e. The Labute approximate surface area is 140 Å². The van der Waals surface area contributed by atoms with E-state index in [1.807, 2.05) is 61.2 Å². The van der Waals surface area contributed by atoms with Crippen molar-refractivity contribution in [1.82, 2.24) is 19.9 Å². The van der Waals surface area contributed by atoms with E-state index in [-0.39, 0.29) is 5.91 Å². The fraction of sp³-hybridized carbons (Fsp3) is 0.222. The number of amides is 1. The highest BCUT2D eigenvalue weighted by molar-refractivity contribution is 6.04. The molecule has 1 heterocycles. The maximum atomic E-state index is 12.5. The highest BCUT2D eigenvalue weighted by Gasteiger charge is 2.17. The van der Waals surface area contributed by atoms with Gasteiger partial charge in [0.1, 0.15) is 5.52 Å². The molecule has 3 aromatic rings. The SMILES string of the molecule is CCN(CC)C(=NC(=O)c1ccccc1)n1nnc2ccccc21. The van der Waals surface area contributed by atoms with Gasteiger partial charge in [0.05, 0.1) is 5.52 Å².